The van der Waals surface area contributed by atoms with Crippen molar-refractivity contribution in [1.82, 2.24) is 4.98 Å². The van der Waals surface area contributed by atoms with E-state index in [9.17, 15) is 9.59 Å². The molecule has 0 bridgehead atoms. The van der Waals surface area contributed by atoms with E-state index in [0.29, 0.717) is 27.6 Å². The van der Waals surface area contributed by atoms with E-state index in [4.69, 9.17) is 32.7 Å². The number of carbonyl (C=O) groups is 2. The lowest BCUT2D eigenvalue weighted by Crippen LogP contribution is -2.14. The summed E-state index contributed by atoms with van der Waals surface area (Å²) in [7, 11) is 0. The van der Waals surface area contributed by atoms with Crippen LogP contribution in [0.2, 0.25) is 10.0 Å². The van der Waals surface area contributed by atoms with Crippen LogP contribution in [0.5, 0.6) is 5.75 Å². The smallest absolute Gasteiger partial charge is 0.355 e. The summed E-state index contributed by atoms with van der Waals surface area (Å²) >= 11 is 11.9. The first-order valence-corrected chi connectivity index (χ1v) is 8.08. The predicted molar refractivity (Wildman–Crippen MR) is 92.5 cm³/mol. The summed E-state index contributed by atoms with van der Waals surface area (Å²) in [5, 5.41) is 0.599. The number of ketones is 1. The molecular formula is C17H17Cl2NO4. The number of Topliss-reactive ketones (excluding diaryl/α,β-unsaturated/α-hetero) is 1. The zero-order valence-corrected chi connectivity index (χ0v) is 15.0. The number of aromatic nitrogens is 1. The van der Waals surface area contributed by atoms with Crippen molar-refractivity contribution >= 4 is 35.0 Å². The molecule has 1 heterocycles. The Bertz CT molecular complexity index is 783. The number of aromatic amines is 1. The van der Waals surface area contributed by atoms with Crippen LogP contribution in [0.25, 0.3) is 0 Å². The third-order valence-electron chi connectivity index (χ3n) is 3.47. The van der Waals surface area contributed by atoms with Gasteiger partial charge in [-0.1, -0.05) is 29.3 Å². The van der Waals surface area contributed by atoms with E-state index in [1.807, 2.05) is 0 Å². The molecule has 0 saturated heterocycles. The number of H-pyrrole nitrogens is 1. The molecule has 0 radical (unpaired) electrons. The fraction of sp³-hybridized carbons (Fsp3) is 0.294. The van der Waals surface area contributed by atoms with Gasteiger partial charge in [-0.05, 0) is 38.5 Å². The van der Waals surface area contributed by atoms with Crippen molar-refractivity contribution in [3.63, 3.8) is 0 Å². The minimum Gasteiger partial charge on any atom is -0.484 e. The lowest BCUT2D eigenvalue weighted by molar-refractivity contribution is 0.0519. The van der Waals surface area contributed by atoms with Crippen molar-refractivity contribution in [3.8, 4) is 5.75 Å². The Morgan fingerprint density at radius 2 is 1.92 bits per heavy atom. The van der Waals surface area contributed by atoms with Crippen LogP contribution in [0.4, 0.5) is 0 Å². The van der Waals surface area contributed by atoms with Crippen LogP contribution < -0.4 is 4.74 Å². The van der Waals surface area contributed by atoms with Gasteiger partial charge in [0.05, 0.1) is 11.6 Å². The molecule has 0 aliphatic carbocycles. The Morgan fingerprint density at radius 3 is 2.58 bits per heavy atom. The van der Waals surface area contributed by atoms with Gasteiger partial charge in [0.15, 0.2) is 6.61 Å². The van der Waals surface area contributed by atoms with Crippen molar-refractivity contribution in [1.29, 1.82) is 0 Å². The van der Waals surface area contributed by atoms with Gasteiger partial charge in [-0.15, -0.1) is 0 Å². The molecule has 24 heavy (non-hydrogen) atoms. The zero-order chi connectivity index (χ0) is 17.9. The number of carbonyl (C=O) groups excluding carboxylic acids is 2. The van der Waals surface area contributed by atoms with Crippen molar-refractivity contribution < 1.29 is 19.1 Å². The zero-order valence-electron chi connectivity index (χ0n) is 13.5. The van der Waals surface area contributed by atoms with Gasteiger partial charge in [0.25, 0.3) is 0 Å². The molecule has 1 aromatic heterocycles. The molecule has 0 spiro atoms. The van der Waals surface area contributed by atoms with Gasteiger partial charge < -0.3 is 14.5 Å². The van der Waals surface area contributed by atoms with Crippen molar-refractivity contribution in [2.75, 3.05) is 13.2 Å². The number of rotatable bonds is 6. The maximum Gasteiger partial charge on any atom is 0.355 e. The quantitative estimate of drug-likeness (QED) is 0.605. The fourth-order valence-corrected chi connectivity index (χ4v) is 2.73. The van der Waals surface area contributed by atoms with Crippen molar-refractivity contribution in [2.45, 2.75) is 20.8 Å². The number of halogens is 2. The Morgan fingerprint density at radius 1 is 1.21 bits per heavy atom. The standard InChI is InChI=1S/C17H17Cl2NO4/c1-4-23-17(22)16-9(2)14(10(3)20-16)12(21)8-24-13-7-5-6-11(18)15(13)19/h5-7,20H,4,8H2,1-3H3. The van der Waals surface area contributed by atoms with Gasteiger partial charge in [-0.2, -0.15) is 0 Å². The molecule has 0 aliphatic heterocycles. The van der Waals surface area contributed by atoms with Crippen molar-refractivity contribution in [2.24, 2.45) is 0 Å². The Hall–Kier alpha value is -1.98. The monoisotopic (exact) mass is 369 g/mol. The van der Waals surface area contributed by atoms with Crippen LogP contribution in [0.1, 0.15) is 39.0 Å². The molecule has 5 nitrogen and oxygen atoms in total. The van der Waals surface area contributed by atoms with Crippen molar-refractivity contribution in [3.05, 3.63) is 50.8 Å². The lowest BCUT2D eigenvalue weighted by atomic mass is 10.1. The van der Waals surface area contributed by atoms with Crippen LogP contribution in [-0.4, -0.2) is 30.0 Å². The number of aryl methyl sites for hydroxylation is 1. The highest BCUT2D eigenvalue weighted by Crippen LogP contribution is 2.31. The van der Waals surface area contributed by atoms with Gasteiger partial charge in [-0.3, -0.25) is 4.79 Å². The molecule has 0 unspecified atom stereocenters. The molecule has 1 N–H and O–H groups in total. The number of hydrogen-bond donors (Lipinski definition) is 1. The molecule has 1 aromatic carbocycles. The number of esters is 1. The SMILES string of the molecule is CCOC(=O)c1[nH]c(C)c(C(=O)COc2cccc(Cl)c2Cl)c1C. The fourth-order valence-electron chi connectivity index (χ4n) is 2.39. The first kappa shape index (κ1) is 18.4. The molecule has 0 atom stereocenters. The van der Waals surface area contributed by atoms with Crippen LogP contribution in [0.3, 0.4) is 0 Å². The molecular weight excluding hydrogens is 353 g/mol. The highest BCUT2D eigenvalue weighted by molar-refractivity contribution is 6.42. The third kappa shape index (κ3) is 3.74. The molecule has 0 aliphatic rings. The van der Waals surface area contributed by atoms with Gasteiger partial charge in [-0.25, -0.2) is 4.79 Å². The summed E-state index contributed by atoms with van der Waals surface area (Å²) in [6.45, 7) is 5.17. The summed E-state index contributed by atoms with van der Waals surface area (Å²) in [5.74, 6) is -0.433. The minimum atomic E-state index is -0.490. The van der Waals surface area contributed by atoms with E-state index >= 15 is 0 Å². The van der Waals surface area contributed by atoms with E-state index < -0.39 is 5.97 Å². The second kappa shape index (κ2) is 7.73. The van der Waals surface area contributed by atoms with Gasteiger partial charge in [0, 0.05) is 11.3 Å². The van der Waals surface area contributed by atoms with Gasteiger partial charge >= 0.3 is 5.97 Å². The van der Waals surface area contributed by atoms with E-state index in [0.717, 1.165) is 0 Å². The summed E-state index contributed by atoms with van der Waals surface area (Å²) in [6.07, 6.45) is 0. The molecule has 2 rings (SSSR count). The van der Waals surface area contributed by atoms with Crippen LogP contribution in [-0.2, 0) is 4.74 Å². The van der Waals surface area contributed by atoms with Gasteiger partial charge in [0.2, 0.25) is 5.78 Å². The number of hydrogen-bond acceptors (Lipinski definition) is 4. The third-order valence-corrected chi connectivity index (χ3v) is 4.27. The first-order valence-electron chi connectivity index (χ1n) is 7.33. The number of benzene rings is 1. The number of ether oxygens (including phenoxy) is 2. The summed E-state index contributed by atoms with van der Waals surface area (Å²) in [5.41, 5.74) is 1.81. The topological polar surface area (TPSA) is 68.4 Å². The van der Waals surface area contributed by atoms with Crippen LogP contribution >= 0.6 is 23.2 Å². The summed E-state index contributed by atoms with van der Waals surface area (Å²) in [4.78, 5) is 27.3. The molecule has 2 aromatic rings. The minimum absolute atomic E-state index is 0.220. The Kier molecular flexibility index (Phi) is 5.91. The number of nitrogens with one attached hydrogen (secondary N) is 1. The Labute approximate surface area is 149 Å². The van der Waals surface area contributed by atoms with Crippen LogP contribution in [0.15, 0.2) is 18.2 Å². The summed E-state index contributed by atoms with van der Waals surface area (Å²) < 4.78 is 10.4. The normalized spacial score (nSPS) is 10.5. The van der Waals surface area contributed by atoms with E-state index in [1.54, 1.807) is 39.0 Å². The van der Waals surface area contributed by atoms with E-state index in [-0.39, 0.29) is 29.7 Å². The van der Waals surface area contributed by atoms with Crippen LogP contribution in [0, 0.1) is 13.8 Å². The lowest BCUT2D eigenvalue weighted by Gasteiger charge is -2.08. The second-order valence-corrected chi connectivity index (χ2v) is 5.89. The largest absolute Gasteiger partial charge is 0.484 e. The molecule has 7 heteroatoms. The molecule has 0 amide bonds. The Balaban J connectivity index is 2.18. The average Bonchev–Trinajstić information content (AvgIpc) is 2.83. The molecule has 0 fully saturated rings. The molecule has 0 saturated carbocycles. The molecule has 128 valence electrons. The highest BCUT2D eigenvalue weighted by Gasteiger charge is 2.23. The second-order valence-electron chi connectivity index (χ2n) is 5.11. The van der Waals surface area contributed by atoms with E-state index in [1.165, 1.54) is 0 Å². The van der Waals surface area contributed by atoms with E-state index in [2.05, 4.69) is 4.98 Å². The predicted octanol–water partition coefficient (Wildman–Crippen LogP) is 4.38. The highest BCUT2D eigenvalue weighted by atomic mass is 35.5. The maximum absolute atomic E-state index is 12.5. The first-order chi connectivity index (χ1) is 11.4. The average molecular weight is 370 g/mol. The maximum atomic E-state index is 12.5. The summed E-state index contributed by atoms with van der Waals surface area (Å²) in [6, 6.07) is 4.94. The van der Waals surface area contributed by atoms with Gasteiger partial charge in [0.1, 0.15) is 16.5 Å².